The molecule has 2 atom stereocenters. The summed E-state index contributed by atoms with van der Waals surface area (Å²) in [6.07, 6.45) is 2.31. The molecule has 6 heteroatoms. The van der Waals surface area contributed by atoms with Gasteiger partial charge in [-0.1, -0.05) is 20.8 Å². The standard InChI is InChI=1S/C18H31N3O3/c1-7-9-21(14-11-15(24-8-2)18(14,3)4)12-13-10-16(22)20(6)17(23)19(13)5/h10,14-15H,7-9,11-12H2,1-6H3. The molecule has 0 aliphatic heterocycles. The van der Waals surface area contributed by atoms with Gasteiger partial charge in [0.05, 0.1) is 6.10 Å². The van der Waals surface area contributed by atoms with E-state index in [-0.39, 0.29) is 22.8 Å². The van der Waals surface area contributed by atoms with Crippen molar-refractivity contribution in [1.29, 1.82) is 0 Å². The molecule has 24 heavy (non-hydrogen) atoms. The van der Waals surface area contributed by atoms with E-state index in [9.17, 15) is 9.59 Å². The van der Waals surface area contributed by atoms with E-state index >= 15 is 0 Å². The summed E-state index contributed by atoms with van der Waals surface area (Å²) in [6, 6.07) is 1.98. The van der Waals surface area contributed by atoms with Crippen LogP contribution >= 0.6 is 0 Å². The largest absolute Gasteiger partial charge is 0.378 e. The van der Waals surface area contributed by atoms with Gasteiger partial charge < -0.3 is 4.74 Å². The van der Waals surface area contributed by atoms with Crippen LogP contribution in [-0.4, -0.2) is 39.3 Å². The minimum absolute atomic E-state index is 0.0732. The Balaban J connectivity index is 2.25. The van der Waals surface area contributed by atoms with Crippen molar-refractivity contribution in [3.63, 3.8) is 0 Å². The van der Waals surface area contributed by atoms with Crippen LogP contribution in [0, 0.1) is 5.41 Å². The molecule has 6 nitrogen and oxygen atoms in total. The molecule has 1 aliphatic carbocycles. The highest BCUT2D eigenvalue weighted by atomic mass is 16.5. The quantitative estimate of drug-likeness (QED) is 0.757. The summed E-state index contributed by atoms with van der Waals surface area (Å²) in [5.41, 5.74) is 0.329. The van der Waals surface area contributed by atoms with E-state index in [1.54, 1.807) is 17.7 Å². The number of nitrogens with zero attached hydrogens (tertiary/aromatic N) is 3. The Hall–Kier alpha value is -1.40. The summed E-state index contributed by atoms with van der Waals surface area (Å²) in [4.78, 5) is 26.5. The minimum atomic E-state index is -0.269. The van der Waals surface area contributed by atoms with E-state index in [0.717, 1.165) is 36.3 Å². The lowest BCUT2D eigenvalue weighted by Gasteiger charge is -2.56. The molecule has 2 rings (SSSR count). The van der Waals surface area contributed by atoms with Gasteiger partial charge in [-0.15, -0.1) is 0 Å². The highest BCUT2D eigenvalue weighted by molar-refractivity contribution is 5.07. The molecule has 0 spiro atoms. The van der Waals surface area contributed by atoms with Gasteiger partial charge in [0.25, 0.3) is 5.56 Å². The summed E-state index contributed by atoms with van der Waals surface area (Å²) >= 11 is 0. The number of hydrogen-bond donors (Lipinski definition) is 0. The third kappa shape index (κ3) is 3.35. The topological polar surface area (TPSA) is 56.5 Å². The molecule has 0 bridgehead atoms. The minimum Gasteiger partial charge on any atom is -0.378 e. The maximum atomic E-state index is 12.2. The second-order valence-electron chi connectivity index (χ2n) is 7.36. The van der Waals surface area contributed by atoms with Gasteiger partial charge in [-0.2, -0.15) is 0 Å². The fraction of sp³-hybridized carbons (Fsp3) is 0.778. The van der Waals surface area contributed by atoms with Gasteiger partial charge in [0.15, 0.2) is 0 Å². The van der Waals surface area contributed by atoms with Crippen molar-refractivity contribution in [3.05, 3.63) is 32.6 Å². The molecule has 136 valence electrons. The zero-order valence-corrected chi connectivity index (χ0v) is 15.8. The monoisotopic (exact) mass is 337 g/mol. The average Bonchev–Trinajstić information content (AvgIpc) is 2.53. The van der Waals surface area contributed by atoms with E-state index in [0.29, 0.717) is 12.6 Å². The Morgan fingerprint density at radius 2 is 1.92 bits per heavy atom. The van der Waals surface area contributed by atoms with Gasteiger partial charge in [0.1, 0.15) is 0 Å². The van der Waals surface area contributed by atoms with Crippen molar-refractivity contribution in [2.45, 2.75) is 59.2 Å². The summed E-state index contributed by atoms with van der Waals surface area (Å²) in [7, 11) is 3.25. The third-order valence-electron chi connectivity index (χ3n) is 5.44. The lowest BCUT2D eigenvalue weighted by molar-refractivity contribution is -0.152. The lowest BCUT2D eigenvalue weighted by Crippen LogP contribution is -2.62. The van der Waals surface area contributed by atoms with Crippen LogP contribution in [0.4, 0.5) is 0 Å². The molecule has 0 N–H and O–H groups in total. The number of hydrogen-bond acceptors (Lipinski definition) is 4. The van der Waals surface area contributed by atoms with Crippen LogP contribution < -0.4 is 11.2 Å². The number of rotatable bonds is 7. The van der Waals surface area contributed by atoms with Crippen LogP contribution in [0.3, 0.4) is 0 Å². The first-order valence-corrected chi connectivity index (χ1v) is 8.85. The highest BCUT2D eigenvalue weighted by Crippen LogP contribution is 2.46. The predicted molar refractivity (Wildman–Crippen MR) is 95.2 cm³/mol. The van der Waals surface area contributed by atoms with Crippen LogP contribution in [0.25, 0.3) is 0 Å². The van der Waals surface area contributed by atoms with Crippen molar-refractivity contribution >= 4 is 0 Å². The molecule has 1 aromatic rings. The van der Waals surface area contributed by atoms with Gasteiger partial charge in [-0.25, -0.2) is 4.79 Å². The Bertz CT molecular complexity index is 690. The third-order valence-corrected chi connectivity index (χ3v) is 5.44. The molecule has 1 aromatic heterocycles. The molecule has 1 heterocycles. The fourth-order valence-corrected chi connectivity index (χ4v) is 3.74. The Morgan fingerprint density at radius 3 is 2.46 bits per heavy atom. The first-order valence-electron chi connectivity index (χ1n) is 8.85. The second-order valence-corrected chi connectivity index (χ2v) is 7.36. The summed E-state index contributed by atoms with van der Waals surface area (Å²) in [6.45, 7) is 11.0. The molecular weight excluding hydrogens is 306 g/mol. The van der Waals surface area contributed by atoms with E-state index in [1.165, 1.54) is 7.05 Å². The van der Waals surface area contributed by atoms with E-state index in [1.807, 2.05) is 6.92 Å². The molecule has 0 saturated heterocycles. The smallest absolute Gasteiger partial charge is 0.330 e. The van der Waals surface area contributed by atoms with Crippen molar-refractivity contribution in [2.24, 2.45) is 19.5 Å². The summed E-state index contributed by atoms with van der Waals surface area (Å²) in [5.74, 6) is 0. The van der Waals surface area contributed by atoms with Gasteiger partial charge in [-0.05, 0) is 26.3 Å². The van der Waals surface area contributed by atoms with Crippen molar-refractivity contribution in [2.75, 3.05) is 13.2 Å². The van der Waals surface area contributed by atoms with Gasteiger partial charge in [-0.3, -0.25) is 18.8 Å². The lowest BCUT2D eigenvalue weighted by atomic mass is 9.63. The van der Waals surface area contributed by atoms with Gasteiger partial charge in [0.2, 0.25) is 0 Å². The van der Waals surface area contributed by atoms with E-state index in [2.05, 4.69) is 25.7 Å². The maximum absolute atomic E-state index is 12.2. The van der Waals surface area contributed by atoms with Gasteiger partial charge in [0, 0.05) is 50.5 Å². The molecule has 0 radical (unpaired) electrons. The molecule has 1 saturated carbocycles. The highest BCUT2D eigenvalue weighted by Gasteiger charge is 2.51. The van der Waals surface area contributed by atoms with E-state index in [4.69, 9.17) is 4.74 Å². The zero-order valence-electron chi connectivity index (χ0n) is 15.8. The van der Waals surface area contributed by atoms with Crippen LogP contribution in [0.1, 0.15) is 46.2 Å². The molecule has 1 aliphatic rings. The van der Waals surface area contributed by atoms with Crippen molar-refractivity contribution in [1.82, 2.24) is 14.0 Å². The maximum Gasteiger partial charge on any atom is 0.330 e. The predicted octanol–water partition coefficient (Wildman–Crippen LogP) is 1.50. The summed E-state index contributed by atoms with van der Waals surface area (Å²) in [5, 5.41) is 0. The Morgan fingerprint density at radius 1 is 1.25 bits per heavy atom. The van der Waals surface area contributed by atoms with Crippen LogP contribution in [-0.2, 0) is 25.4 Å². The SMILES string of the molecule is CCCN(Cc1cc(=O)n(C)c(=O)n1C)C1CC(OCC)C1(C)C. The van der Waals surface area contributed by atoms with Crippen LogP contribution in [0.2, 0.25) is 0 Å². The number of ether oxygens (including phenoxy) is 1. The Labute approximate surface area is 144 Å². The first-order chi connectivity index (χ1) is 11.2. The molecule has 2 unspecified atom stereocenters. The molecule has 0 amide bonds. The average molecular weight is 337 g/mol. The fourth-order valence-electron chi connectivity index (χ4n) is 3.74. The zero-order chi connectivity index (χ0) is 18.1. The number of aromatic nitrogens is 2. The summed E-state index contributed by atoms with van der Waals surface area (Å²) < 4.78 is 8.57. The van der Waals surface area contributed by atoms with Crippen LogP contribution in [0.5, 0.6) is 0 Å². The van der Waals surface area contributed by atoms with Crippen molar-refractivity contribution < 1.29 is 4.74 Å². The molecule has 0 aromatic carbocycles. The van der Waals surface area contributed by atoms with Crippen LogP contribution in [0.15, 0.2) is 15.7 Å². The Kier molecular flexibility index (Phi) is 5.71. The first kappa shape index (κ1) is 18.9. The molecule has 1 fully saturated rings. The normalized spacial score (nSPS) is 22.6. The van der Waals surface area contributed by atoms with Crippen molar-refractivity contribution in [3.8, 4) is 0 Å². The molecular formula is C18H31N3O3. The second kappa shape index (κ2) is 7.23. The van der Waals surface area contributed by atoms with E-state index < -0.39 is 0 Å². The van der Waals surface area contributed by atoms with Gasteiger partial charge >= 0.3 is 5.69 Å².